The van der Waals surface area contributed by atoms with Crippen LogP contribution >= 0.6 is 0 Å². The Kier molecular flexibility index (Phi) is 3.79. The molecule has 8 nitrogen and oxygen atoms in total. The van der Waals surface area contributed by atoms with Crippen molar-refractivity contribution < 1.29 is 4.92 Å². The van der Waals surface area contributed by atoms with Crippen LogP contribution in [0, 0.1) is 10.1 Å². The van der Waals surface area contributed by atoms with Crippen LogP contribution < -0.4 is 11.0 Å². The second-order valence-corrected chi connectivity index (χ2v) is 4.65. The van der Waals surface area contributed by atoms with Crippen LogP contribution in [-0.2, 0) is 0 Å². The topological polar surface area (TPSA) is 113 Å². The van der Waals surface area contributed by atoms with Crippen molar-refractivity contribution in [3.05, 3.63) is 74.6 Å². The zero-order chi connectivity index (χ0) is 16.2. The lowest BCUT2D eigenvalue weighted by molar-refractivity contribution is -0.384. The van der Waals surface area contributed by atoms with E-state index in [0.29, 0.717) is 16.5 Å². The molecular formula is C15H11N5O3. The molecule has 2 aromatic carbocycles. The van der Waals surface area contributed by atoms with E-state index in [4.69, 9.17) is 0 Å². The SMILES string of the molecule is O=c1[nH]c(N/N=C\c2ccc([N+](=O)[O-])cc2)nc2ccccc12. The second kappa shape index (κ2) is 6.06. The van der Waals surface area contributed by atoms with Crippen molar-refractivity contribution in [2.24, 2.45) is 5.10 Å². The number of nitrogens with zero attached hydrogens (tertiary/aromatic N) is 3. The molecule has 23 heavy (non-hydrogen) atoms. The minimum atomic E-state index is -0.469. The number of hydrogen-bond acceptors (Lipinski definition) is 6. The van der Waals surface area contributed by atoms with Gasteiger partial charge >= 0.3 is 0 Å². The predicted octanol–water partition coefficient (Wildman–Crippen LogP) is 2.28. The Morgan fingerprint density at radius 2 is 1.91 bits per heavy atom. The number of fused-ring (bicyclic) bond motifs is 1. The van der Waals surface area contributed by atoms with Crippen LogP contribution in [0.4, 0.5) is 11.6 Å². The Labute approximate surface area is 129 Å². The van der Waals surface area contributed by atoms with E-state index in [1.54, 1.807) is 36.4 Å². The van der Waals surface area contributed by atoms with Crippen LogP contribution in [0.2, 0.25) is 0 Å². The lowest BCUT2D eigenvalue weighted by atomic mass is 10.2. The van der Waals surface area contributed by atoms with E-state index in [0.717, 1.165) is 0 Å². The molecule has 0 saturated heterocycles. The maximum absolute atomic E-state index is 11.9. The number of para-hydroxylation sites is 1. The average Bonchev–Trinajstić information content (AvgIpc) is 2.55. The van der Waals surface area contributed by atoms with Gasteiger partial charge < -0.3 is 0 Å². The highest BCUT2D eigenvalue weighted by Crippen LogP contribution is 2.11. The summed E-state index contributed by atoms with van der Waals surface area (Å²) in [5.74, 6) is 0.215. The molecule has 0 radical (unpaired) electrons. The summed E-state index contributed by atoms with van der Waals surface area (Å²) in [6.45, 7) is 0. The Hall–Kier alpha value is -3.55. The fourth-order valence-electron chi connectivity index (χ4n) is 1.99. The molecule has 3 rings (SSSR count). The number of benzene rings is 2. The maximum Gasteiger partial charge on any atom is 0.269 e. The highest BCUT2D eigenvalue weighted by Gasteiger charge is 2.03. The van der Waals surface area contributed by atoms with Crippen molar-refractivity contribution in [3.8, 4) is 0 Å². The minimum absolute atomic E-state index is 0.00985. The molecule has 8 heteroatoms. The molecule has 0 aliphatic rings. The number of hydrazone groups is 1. The van der Waals surface area contributed by atoms with Crippen molar-refractivity contribution in [2.75, 3.05) is 5.43 Å². The average molecular weight is 309 g/mol. The zero-order valence-corrected chi connectivity index (χ0v) is 11.8. The summed E-state index contributed by atoms with van der Waals surface area (Å²) >= 11 is 0. The first-order chi connectivity index (χ1) is 11.1. The maximum atomic E-state index is 11.9. The van der Waals surface area contributed by atoms with Gasteiger partial charge in [0.05, 0.1) is 22.0 Å². The number of aromatic nitrogens is 2. The summed E-state index contributed by atoms with van der Waals surface area (Å²) in [4.78, 5) is 28.8. The Morgan fingerprint density at radius 1 is 1.17 bits per heavy atom. The van der Waals surface area contributed by atoms with Crippen LogP contribution in [0.15, 0.2) is 58.4 Å². The first kappa shape index (κ1) is 14.4. The molecule has 0 aliphatic carbocycles. The van der Waals surface area contributed by atoms with E-state index in [1.807, 2.05) is 0 Å². The zero-order valence-electron chi connectivity index (χ0n) is 11.8. The molecule has 114 valence electrons. The van der Waals surface area contributed by atoms with Gasteiger partial charge in [0.1, 0.15) is 0 Å². The van der Waals surface area contributed by atoms with Crippen LogP contribution in [0.1, 0.15) is 5.56 Å². The lowest BCUT2D eigenvalue weighted by Gasteiger charge is -2.01. The third-order valence-electron chi connectivity index (χ3n) is 3.10. The molecule has 3 aromatic rings. The molecule has 0 fully saturated rings. The molecule has 0 saturated carbocycles. The number of rotatable bonds is 4. The van der Waals surface area contributed by atoms with Gasteiger partial charge in [0, 0.05) is 12.1 Å². The molecular weight excluding hydrogens is 298 g/mol. The molecule has 0 atom stereocenters. The van der Waals surface area contributed by atoms with Gasteiger partial charge in [0.25, 0.3) is 11.2 Å². The molecule has 1 heterocycles. The van der Waals surface area contributed by atoms with Gasteiger partial charge in [0.15, 0.2) is 0 Å². The molecule has 0 unspecified atom stereocenters. The van der Waals surface area contributed by atoms with E-state index in [9.17, 15) is 14.9 Å². The molecule has 2 N–H and O–H groups in total. The number of anilines is 1. The quantitative estimate of drug-likeness (QED) is 0.436. The van der Waals surface area contributed by atoms with Crippen molar-refractivity contribution in [3.63, 3.8) is 0 Å². The predicted molar refractivity (Wildman–Crippen MR) is 86.7 cm³/mol. The monoisotopic (exact) mass is 309 g/mol. The molecule has 0 bridgehead atoms. The summed E-state index contributed by atoms with van der Waals surface area (Å²) in [7, 11) is 0. The summed E-state index contributed by atoms with van der Waals surface area (Å²) < 4.78 is 0. The summed E-state index contributed by atoms with van der Waals surface area (Å²) in [6.07, 6.45) is 1.47. The first-order valence-electron chi connectivity index (χ1n) is 6.66. The largest absolute Gasteiger partial charge is 0.291 e. The minimum Gasteiger partial charge on any atom is -0.291 e. The Bertz CT molecular complexity index is 947. The fraction of sp³-hybridized carbons (Fsp3) is 0. The van der Waals surface area contributed by atoms with Crippen LogP contribution in [-0.4, -0.2) is 21.1 Å². The first-order valence-corrected chi connectivity index (χ1v) is 6.66. The van der Waals surface area contributed by atoms with E-state index >= 15 is 0 Å². The van der Waals surface area contributed by atoms with E-state index in [-0.39, 0.29) is 17.2 Å². The number of nitro groups is 1. The Balaban J connectivity index is 1.77. The van der Waals surface area contributed by atoms with Gasteiger partial charge in [-0.15, -0.1) is 0 Å². The number of nitro benzene ring substituents is 1. The Morgan fingerprint density at radius 3 is 2.65 bits per heavy atom. The lowest BCUT2D eigenvalue weighted by Crippen LogP contribution is -2.10. The van der Waals surface area contributed by atoms with Gasteiger partial charge in [-0.1, -0.05) is 12.1 Å². The van der Waals surface area contributed by atoms with Crippen LogP contribution in [0.25, 0.3) is 10.9 Å². The second-order valence-electron chi connectivity index (χ2n) is 4.65. The summed E-state index contributed by atoms with van der Waals surface area (Å²) in [5.41, 5.74) is 3.61. The van der Waals surface area contributed by atoms with Crippen molar-refractivity contribution >= 4 is 28.8 Å². The number of H-pyrrole nitrogens is 1. The van der Waals surface area contributed by atoms with Gasteiger partial charge in [-0.2, -0.15) is 5.10 Å². The van der Waals surface area contributed by atoms with Crippen LogP contribution in [0.3, 0.4) is 0 Å². The number of hydrogen-bond donors (Lipinski definition) is 2. The van der Waals surface area contributed by atoms with E-state index < -0.39 is 4.92 Å². The molecule has 0 spiro atoms. The van der Waals surface area contributed by atoms with Crippen molar-refractivity contribution in [1.29, 1.82) is 0 Å². The highest BCUT2D eigenvalue weighted by molar-refractivity contribution is 5.81. The normalized spacial score (nSPS) is 11.0. The van der Waals surface area contributed by atoms with Gasteiger partial charge in [0.2, 0.25) is 5.95 Å². The summed E-state index contributed by atoms with van der Waals surface area (Å²) in [6, 6.07) is 12.9. The van der Waals surface area contributed by atoms with Crippen LogP contribution in [0.5, 0.6) is 0 Å². The number of nitrogens with one attached hydrogen (secondary N) is 2. The smallest absolute Gasteiger partial charge is 0.269 e. The number of non-ortho nitro benzene ring substituents is 1. The third-order valence-corrected chi connectivity index (χ3v) is 3.10. The van der Waals surface area contributed by atoms with Gasteiger partial charge in [-0.25, -0.2) is 10.4 Å². The standard InChI is InChI=1S/C15H11N5O3/c21-14-12-3-1-2-4-13(12)17-15(18-14)19-16-9-10-5-7-11(8-6-10)20(22)23/h1-9H,(H2,17,18,19,21)/b16-9-. The molecule has 0 amide bonds. The molecule has 0 aliphatic heterocycles. The number of aromatic amines is 1. The summed E-state index contributed by atoms with van der Waals surface area (Å²) in [5, 5.41) is 15.0. The van der Waals surface area contributed by atoms with E-state index in [1.165, 1.54) is 18.3 Å². The van der Waals surface area contributed by atoms with Crippen molar-refractivity contribution in [2.45, 2.75) is 0 Å². The highest BCUT2D eigenvalue weighted by atomic mass is 16.6. The van der Waals surface area contributed by atoms with Crippen molar-refractivity contribution in [1.82, 2.24) is 9.97 Å². The molecule has 1 aromatic heterocycles. The van der Waals surface area contributed by atoms with Gasteiger partial charge in [-0.3, -0.25) is 19.9 Å². The van der Waals surface area contributed by atoms with E-state index in [2.05, 4.69) is 20.5 Å². The van der Waals surface area contributed by atoms with Gasteiger partial charge in [-0.05, 0) is 29.8 Å². The fourth-order valence-corrected chi connectivity index (χ4v) is 1.99. The third kappa shape index (κ3) is 3.21.